The molecule has 2 fully saturated rings. The van der Waals surface area contributed by atoms with E-state index < -0.39 is 17.0 Å². The number of carbonyl (C=O) groups is 1. The minimum atomic E-state index is -1.32. The van der Waals surface area contributed by atoms with Crippen molar-refractivity contribution in [3.8, 4) is 29.5 Å². The number of piperidine rings is 1. The molecule has 1 amide bonds. The molecule has 14 heteroatoms. The van der Waals surface area contributed by atoms with Crippen molar-refractivity contribution in [1.82, 2.24) is 29.9 Å². The Kier molecular flexibility index (Phi) is 10.2. The molecule has 2 aromatic heterocycles. The molecule has 2 aliphatic heterocycles. The normalized spacial score (nSPS) is 22.5. The molecule has 3 aromatic rings. The number of nitriles is 1. The van der Waals surface area contributed by atoms with Crippen LogP contribution >= 0.6 is 0 Å². The van der Waals surface area contributed by atoms with Gasteiger partial charge in [0.25, 0.3) is 0 Å². The van der Waals surface area contributed by atoms with Crippen LogP contribution in [0.25, 0.3) is 11.6 Å². The fourth-order valence-electron chi connectivity index (χ4n) is 6.36. The summed E-state index contributed by atoms with van der Waals surface area (Å²) >= 11 is 0. The van der Waals surface area contributed by atoms with E-state index >= 15 is 0 Å². The Morgan fingerprint density at radius 2 is 1.91 bits per heavy atom. The Bertz CT molecular complexity index is 1620. The monoisotopic (exact) mass is 651 g/mol. The number of likely N-dealkylation sites (tertiary alicyclic amines) is 2. The largest absolute Gasteiger partial charge is 0.474 e. The standard InChI is InChI=1S/C33H39F2N7O5/c1-7-28(43)42-14-12-21(15-20(42)11-13-36)46-27-17-26(45-19(2)25-16-22(44-6)18-41(25)5)37-30(38-27)31-39-32(47-40-31)33(3,4)29-23(34)9-8-10-24(29)35/h7-10,17,19-22,25H,1,11-12,14-16,18H2,2-6H3/t19-,20+,21-,22+,25-/m0/s1. The Balaban J connectivity index is 1.45. The first-order chi connectivity index (χ1) is 22.4. The van der Waals surface area contributed by atoms with Crippen molar-refractivity contribution in [1.29, 1.82) is 5.26 Å². The van der Waals surface area contributed by atoms with Gasteiger partial charge in [-0.2, -0.15) is 20.2 Å². The number of rotatable bonds is 11. The van der Waals surface area contributed by atoms with Gasteiger partial charge in [0.2, 0.25) is 35.2 Å². The number of aromatic nitrogens is 4. The lowest BCUT2D eigenvalue weighted by Gasteiger charge is -2.37. The van der Waals surface area contributed by atoms with Crippen molar-refractivity contribution in [3.05, 3.63) is 60.0 Å². The number of amides is 1. The molecule has 0 N–H and O–H groups in total. The molecule has 250 valence electrons. The van der Waals surface area contributed by atoms with Crippen LogP contribution in [-0.4, -0.2) is 93.5 Å². The number of hydrogen-bond donors (Lipinski definition) is 0. The summed E-state index contributed by atoms with van der Waals surface area (Å²) in [6, 6.07) is 7.04. The van der Waals surface area contributed by atoms with Gasteiger partial charge in [0.05, 0.1) is 30.1 Å². The lowest BCUT2D eigenvalue weighted by molar-refractivity contribution is -0.130. The number of ether oxygens (including phenoxy) is 3. The van der Waals surface area contributed by atoms with Gasteiger partial charge in [-0.15, -0.1) is 0 Å². The summed E-state index contributed by atoms with van der Waals surface area (Å²) in [6.07, 6.45) is 2.46. The number of benzene rings is 1. The molecular weight excluding hydrogens is 612 g/mol. The fraction of sp³-hybridized carbons (Fsp3) is 0.515. The zero-order valence-electron chi connectivity index (χ0n) is 27.2. The first kappa shape index (κ1) is 33.9. The number of carbonyl (C=O) groups excluding carboxylic acids is 1. The van der Waals surface area contributed by atoms with Crippen LogP contribution in [0.2, 0.25) is 0 Å². The highest BCUT2D eigenvalue weighted by atomic mass is 19.1. The van der Waals surface area contributed by atoms with Crippen LogP contribution in [0.3, 0.4) is 0 Å². The number of hydrogen-bond acceptors (Lipinski definition) is 11. The molecule has 47 heavy (non-hydrogen) atoms. The van der Waals surface area contributed by atoms with Crippen LogP contribution in [0.15, 0.2) is 41.4 Å². The van der Waals surface area contributed by atoms with Gasteiger partial charge in [0.1, 0.15) is 23.8 Å². The van der Waals surface area contributed by atoms with Crippen molar-refractivity contribution >= 4 is 5.91 Å². The third-order valence-electron chi connectivity index (χ3n) is 8.91. The second-order valence-electron chi connectivity index (χ2n) is 12.5. The van der Waals surface area contributed by atoms with E-state index in [9.17, 15) is 18.8 Å². The van der Waals surface area contributed by atoms with E-state index in [0.717, 1.165) is 13.0 Å². The second-order valence-corrected chi connectivity index (χ2v) is 12.5. The number of halogens is 2. The van der Waals surface area contributed by atoms with Gasteiger partial charge in [-0.05, 0) is 52.4 Å². The predicted octanol–water partition coefficient (Wildman–Crippen LogP) is 4.46. The number of methoxy groups -OCH3 is 1. The minimum absolute atomic E-state index is 0.0203. The van der Waals surface area contributed by atoms with Crippen molar-refractivity contribution in [2.45, 2.75) is 82.3 Å². The van der Waals surface area contributed by atoms with Gasteiger partial charge in [-0.25, -0.2) is 8.78 Å². The molecule has 4 heterocycles. The fourth-order valence-corrected chi connectivity index (χ4v) is 6.36. The van der Waals surface area contributed by atoms with Crippen molar-refractivity contribution in [2.24, 2.45) is 0 Å². The highest BCUT2D eigenvalue weighted by molar-refractivity contribution is 5.87. The summed E-state index contributed by atoms with van der Waals surface area (Å²) in [7, 11) is 3.69. The maximum absolute atomic E-state index is 14.7. The van der Waals surface area contributed by atoms with Crippen molar-refractivity contribution in [2.75, 3.05) is 27.2 Å². The molecular formula is C33H39F2N7O5. The summed E-state index contributed by atoms with van der Waals surface area (Å²) in [5.41, 5.74) is -1.53. The van der Waals surface area contributed by atoms with Gasteiger partial charge in [0.15, 0.2) is 0 Å². The van der Waals surface area contributed by atoms with Crippen molar-refractivity contribution < 1.29 is 32.3 Å². The Morgan fingerprint density at radius 3 is 2.57 bits per heavy atom. The number of nitrogens with zero attached hydrogens (tertiary/aromatic N) is 7. The third-order valence-corrected chi connectivity index (χ3v) is 8.91. The second kappa shape index (κ2) is 14.1. The summed E-state index contributed by atoms with van der Waals surface area (Å²) in [4.78, 5) is 29.7. The summed E-state index contributed by atoms with van der Waals surface area (Å²) in [6.45, 7) is 9.81. The zero-order valence-corrected chi connectivity index (χ0v) is 27.2. The van der Waals surface area contributed by atoms with Crippen LogP contribution in [0.1, 0.15) is 57.9 Å². The average Bonchev–Trinajstić information content (AvgIpc) is 3.69. The Morgan fingerprint density at radius 1 is 1.19 bits per heavy atom. The SMILES string of the molecule is C=CC(=O)N1CC[C@H](Oc2cc(O[C@@H](C)[C@@H]3C[C@@H](OC)CN3C)nc(-c3noc(C(C)(C)c4c(F)cccc4F)n3)n2)C[C@H]1CC#N. The minimum Gasteiger partial charge on any atom is -0.474 e. The van der Waals surface area contributed by atoms with E-state index in [-0.39, 0.29) is 77.6 Å². The van der Waals surface area contributed by atoms with Crippen LogP contribution in [0, 0.1) is 23.0 Å². The van der Waals surface area contributed by atoms with Crippen LogP contribution in [0.5, 0.6) is 11.8 Å². The summed E-state index contributed by atoms with van der Waals surface area (Å²) in [5, 5.41) is 13.4. The Labute approximate surface area is 272 Å². The maximum atomic E-state index is 14.7. The molecule has 0 unspecified atom stereocenters. The smallest absolute Gasteiger partial charge is 0.246 e. The molecule has 5 atom stereocenters. The Hall–Kier alpha value is -4.48. The molecule has 2 aliphatic rings. The molecule has 0 saturated carbocycles. The molecule has 2 saturated heterocycles. The lowest BCUT2D eigenvalue weighted by atomic mass is 9.83. The molecule has 0 aliphatic carbocycles. The highest BCUT2D eigenvalue weighted by Crippen LogP contribution is 2.35. The number of likely N-dealkylation sites (N-methyl/N-ethyl adjacent to an activating group) is 1. The molecule has 12 nitrogen and oxygen atoms in total. The van der Waals surface area contributed by atoms with E-state index in [0.29, 0.717) is 19.4 Å². The van der Waals surface area contributed by atoms with E-state index in [2.05, 4.69) is 37.7 Å². The summed E-state index contributed by atoms with van der Waals surface area (Å²) in [5.74, 6) is -1.41. The lowest BCUT2D eigenvalue weighted by Crippen LogP contribution is -2.48. The topological polar surface area (TPSA) is 140 Å². The van der Waals surface area contributed by atoms with E-state index in [1.165, 1.54) is 24.3 Å². The zero-order chi connectivity index (χ0) is 33.9. The van der Waals surface area contributed by atoms with E-state index in [1.807, 2.05) is 14.0 Å². The van der Waals surface area contributed by atoms with E-state index in [4.69, 9.17) is 18.7 Å². The van der Waals surface area contributed by atoms with Gasteiger partial charge < -0.3 is 23.6 Å². The quantitative estimate of drug-likeness (QED) is 0.272. The molecule has 0 spiro atoms. The third kappa shape index (κ3) is 7.26. The van der Waals surface area contributed by atoms with Crippen molar-refractivity contribution in [3.63, 3.8) is 0 Å². The van der Waals surface area contributed by atoms with Gasteiger partial charge in [-0.3, -0.25) is 9.69 Å². The molecule has 0 bridgehead atoms. The van der Waals surface area contributed by atoms with E-state index in [1.54, 1.807) is 31.9 Å². The average molecular weight is 652 g/mol. The molecule has 0 radical (unpaired) electrons. The summed E-state index contributed by atoms with van der Waals surface area (Å²) < 4.78 is 53.2. The van der Waals surface area contributed by atoms with Gasteiger partial charge >= 0.3 is 0 Å². The molecule has 1 aromatic carbocycles. The first-order valence-corrected chi connectivity index (χ1v) is 15.5. The molecule has 5 rings (SSSR count). The first-order valence-electron chi connectivity index (χ1n) is 15.5. The predicted molar refractivity (Wildman–Crippen MR) is 165 cm³/mol. The van der Waals surface area contributed by atoms with Gasteiger partial charge in [0, 0.05) is 50.7 Å². The van der Waals surface area contributed by atoms with Crippen LogP contribution in [-0.2, 0) is 14.9 Å². The highest BCUT2D eigenvalue weighted by Gasteiger charge is 2.37. The van der Waals surface area contributed by atoms with Gasteiger partial charge in [-0.1, -0.05) is 17.8 Å². The van der Waals surface area contributed by atoms with Crippen LogP contribution < -0.4 is 9.47 Å². The van der Waals surface area contributed by atoms with Crippen LogP contribution in [0.4, 0.5) is 8.78 Å². The maximum Gasteiger partial charge on any atom is 0.246 e.